The second-order valence-corrected chi connectivity index (χ2v) is 4.27. The second-order valence-electron chi connectivity index (χ2n) is 4.27. The molecule has 2 rings (SSSR count). The first-order valence-corrected chi connectivity index (χ1v) is 5.44. The number of rotatable bonds is 2. The SMILES string of the molecule is Cc1ccc(C2CCCC2CN)cn1. The third kappa shape index (κ3) is 1.80. The molecule has 1 aromatic heterocycles. The van der Waals surface area contributed by atoms with E-state index in [1.54, 1.807) is 0 Å². The highest BCUT2D eigenvalue weighted by molar-refractivity contribution is 5.19. The molecule has 1 saturated carbocycles. The van der Waals surface area contributed by atoms with Crippen LogP contribution in [0.4, 0.5) is 0 Å². The van der Waals surface area contributed by atoms with Crippen LogP contribution < -0.4 is 5.73 Å². The summed E-state index contributed by atoms with van der Waals surface area (Å²) in [6.07, 6.45) is 5.91. The highest BCUT2D eigenvalue weighted by Gasteiger charge is 2.27. The Morgan fingerprint density at radius 3 is 2.93 bits per heavy atom. The van der Waals surface area contributed by atoms with E-state index in [9.17, 15) is 0 Å². The van der Waals surface area contributed by atoms with Gasteiger partial charge in [-0.1, -0.05) is 12.5 Å². The van der Waals surface area contributed by atoms with Gasteiger partial charge in [0.2, 0.25) is 0 Å². The molecule has 2 heteroatoms. The van der Waals surface area contributed by atoms with E-state index in [1.165, 1.54) is 24.8 Å². The first kappa shape index (κ1) is 9.66. The maximum absolute atomic E-state index is 5.77. The van der Waals surface area contributed by atoms with Crippen LogP contribution in [0.5, 0.6) is 0 Å². The van der Waals surface area contributed by atoms with E-state index in [0.29, 0.717) is 11.8 Å². The van der Waals surface area contributed by atoms with Crippen molar-refractivity contribution in [2.75, 3.05) is 6.54 Å². The molecule has 1 fully saturated rings. The monoisotopic (exact) mass is 190 g/mol. The van der Waals surface area contributed by atoms with Crippen molar-refractivity contribution in [1.82, 2.24) is 4.98 Å². The minimum Gasteiger partial charge on any atom is -0.330 e. The molecule has 2 atom stereocenters. The Bertz CT molecular complexity index is 292. The fraction of sp³-hybridized carbons (Fsp3) is 0.583. The average molecular weight is 190 g/mol. The third-order valence-electron chi connectivity index (χ3n) is 3.32. The summed E-state index contributed by atoms with van der Waals surface area (Å²) >= 11 is 0. The summed E-state index contributed by atoms with van der Waals surface area (Å²) in [5.74, 6) is 1.34. The first-order valence-electron chi connectivity index (χ1n) is 5.44. The maximum Gasteiger partial charge on any atom is 0.0372 e. The zero-order chi connectivity index (χ0) is 9.97. The van der Waals surface area contributed by atoms with Crippen molar-refractivity contribution in [3.63, 3.8) is 0 Å². The van der Waals surface area contributed by atoms with Gasteiger partial charge >= 0.3 is 0 Å². The molecule has 0 amide bonds. The number of hydrogen-bond acceptors (Lipinski definition) is 2. The van der Waals surface area contributed by atoms with Crippen molar-refractivity contribution >= 4 is 0 Å². The Labute approximate surface area is 85.5 Å². The summed E-state index contributed by atoms with van der Waals surface area (Å²) in [7, 11) is 0. The van der Waals surface area contributed by atoms with Crippen LogP contribution in [0.25, 0.3) is 0 Å². The highest BCUT2D eigenvalue weighted by Crippen LogP contribution is 2.38. The van der Waals surface area contributed by atoms with Gasteiger partial charge in [-0.05, 0) is 49.8 Å². The number of nitrogens with zero attached hydrogens (tertiary/aromatic N) is 1. The molecular weight excluding hydrogens is 172 g/mol. The van der Waals surface area contributed by atoms with Gasteiger partial charge in [-0.2, -0.15) is 0 Å². The van der Waals surface area contributed by atoms with E-state index in [4.69, 9.17) is 5.73 Å². The third-order valence-corrected chi connectivity index (χ3v) is 3.32. The topological polar surface area (TPSA) is 38.9 Å². The predicted molar refractivity (Wildman–Crippen MR) is 58.1 cm³/mol. The normalized spacial score (nSPS) is 26.7. The number of nitrogens with two attached hydrogens (primary N) is 1. The molecule has 0 bridgehead atoms. The molecule has 0 radical (unpaired) electrons. The molecule has 76 valence electrons. The van der Waals surface area contributed by atoms with Crippen LogP contribution in [-0.4, -0.2) is 11.5 Å². The lowest BCUT2D eigenvalue weighted by molar-refractivity contribution is 0.495. The van der Waals surface area contributed by atoms with E-state index < -0.39 is 0 Å². The quantitative estimate of drug-likeness (QED) is 0.776. The van der Waals surface area contributed by atoms with E-state index in [1.807, 2.05) is 13.1 Å². The van der Waals surface area contributed by atoms with Crippen LogP contribution in [0, 0.1) is 12.8 Å². The lowest BCUT2D eigenvalue weighted by atomic mass is 9.90. The Hall–Kier alpha value is -0.890. The van der Waals surface area contributed by atoms with E-state index in [0.717, 1.165) is 12.2 Å². The molecule has 14 heavy (non-hydrogen) atoms. The van der Waals surface area contributed by atoms with Crippen LogP contribution in [0.3, 0.4) is 0 Å². The van der Waals surface area contributed by atoms with Crippen molar-refractivity contribution in [2.45, 2.75) is 32.1 Å². The summed E-state index contributed by atoms with van der Waals surface area (Å²) in [4.78, 5) is 4.35. The van der Waals surface area contributed by atoms with Gasteiger partial charge in [0, 0.05) is 11.9 Å². The zero-order valence-corrected chi connectivity index (χ0v) is 8.74. The molecular formula is C12H18N2. The smallest absolute Gasteiger partial charge is 0.0372 e. The number of aryl methyl sites for hydroxylation is 1. The second kappa shape index (κ2) is 4.09. The Kier molecular flexibility index (Phi) is 2.82. The first-order chi connectivity index (χ1) is 6.81. The van der Waals surface area contributed by atoms with Gasteiger partial charge in [0.15, 0.2) is 0 Å². The van der Waals surface area contributed by atoms with E-state index in [-0.39, 0.29) is 0 Å². The van der Waals surface area contributed by atoms with Crippen molar-refractivity contribution in [3.8, 4) is 0 Å². The van der Waals surface area contributed by atoms with Crippen LogP contribution in [-0.2, 0) is 0 Å². The van der Waals surface area contributed by atoms with Crippen molar-refractivity contribution in [2.24, 2.45) is 11.7 Å². The molecule has 2 nitrogen and oxygen atoms in total. The predicted octanol–water partition coefficient (Wildman–Crippen LogP) is 2.23. The molecule has 0 spiro atoms. The summed E-state index contributed by atoms with van der Waals surface area (Å²) in [5, 5.41) is 0. The molecule has 0 aromatic carbocycles. The molecule has 2 N–H and O–H groups in total. The van der Waals surface area contributed by atoms with Crippen LogP contribution in [0.2, 0.25) is 0 Å². The fourth-order valence-corrected chi connectivity index (χ4v) is 2.46. The lowest BCUT2D eigenvalue weighted by Gasteiger charge is -2.17. The summed E-state index contributed by atoms with van der Waals surface area (Å²) in [6, 6.07) is 4.31. The van der Waals surface area contributed by atoms with Gasteiger partial charge in [0.1, 0.15) is 0 Å². The Balaban J connectivity index is 2.17. The van der Waals surface area contributed by atoms with Gasteiger partial charge in [-0.25, -0.2) is 0 Å². The molecule has 1 aliphatic rings. The van der Waals surface area contributed by atoms with Crippen molar-refractivity contribution in [3.05, 3.63) is 29.6 Å². The highest BCUT2D eigenvalue weighted by atomic mass is 14.7. The molecule has 1 heterocycles. The molecule has 0 aliphatic heterocycles. The number of hydrogen-bond donors (Lipinski definition) is 1. The fourth-order valence-electron chi connectivity index (χ4n) is 2.46. The Morgan fingerprint density at radius 1 is 1.43 bits per heavy atom. The van der Waals surface area contributed by atoms with Crippen molar-refractivity contribution < 1.29 is 0 Å². The lowest BCUT2D eigenvalue weighted by Crippen LogP contribution is -2.17. The Morgan fingerprint density at radius 2 is 2.29 bits per heavy atom. The van der Waals surface area contributed by atoms with Gasteiger partial charge in [-0.15, -0.1) is 0 Å². The van der Waals surface area contributed by atoms with E-state index in [2.05, 4.69) is 17.1 Å². The summed E-state index contributed by atoms with van der Waals surface area (Å²) in [6.45, 7) is 2.84. The van der Waals surface area contributed by atoms with Gasteiger partial charge < -0.3 is 5.73 Å². The largest absolute Gasteiger partial charge is 0.330 e. The van der Waals surface area contributed by atoms with Crippen LogP contribution in [0.15, 0.2) is 18.3 Å². The van der Waals surface area contributed by atoms with Gasteiger partial charge in [0.05, 0.1) is 0 Å². The number of pyridine rings is 1. The zero-order valence-electron chi connectivity index (χ0n) is 8.74. The minimum absolute atomic E-state index is 0.660. The average Bonchev–Trinajstić information content (AvgIpc) is 2.67. The molecule has 1 aromatic rings. The van der Waals surface area contributed by atoms with Gasteiger partial charge in [0.25, 0.3) is 0 Å². The van der Waals surface area contributed by atoms with Crippen LogP contribution in [0.1, 0.15) is 36.4 Å². The molecule has 1 aliphatic carbocycles. The maximum atomic E-state index is 5.77. The molecule has 0 saturated heterocycles. The van der Waals surface area contributed by atoms with Gasteiger partial charge in [-0.3, -0.25) is 4.98 Å². The van der Waals surface area contributed by atoms with Crippen molar-refractivity contribution in [1.29, 1.82) is 0 Å². The van der Waals surface area contributed by atoms with E-state index >= 15 is 0 Å². The number of aromatic nitrogens is 1. The summed E-state index contributed by atoms with van der Waals surface area (Å²) in [5.41, 5.74) is 8.24. The standard InChI is InChI=1S/C12H18N2/c1-9-5-6-11(8-14-9)12-4-2-3-10(12)7-13/h5-6,8,10,12H,2-4,7,13H2,1H3. The molecule has 2 unspecified atom stereocenters. The van der Waals surface area contributed by atoms with Crippen LogP contribution >= 0.6 is 0 Å². The summed E-state index contributed by atoms with van der Waals surface area (Å²) < 4.78 is 0. The minimum atomic E-state index is 0.660.